The van der Waals surface area contributed by atoms with Crippen LogP contribution in [-0.2, 0) is 11.3 Å². The van der Waals surface area contributed by atoms with Crippen LogP contribution in [0.5, 0.6) is 0 Å². The van der Waals surface area contributed by atoms with E-state index in [0.29, 0.717) is 10.6 Å². The molecule has 0 aliphatic rings. The molecule has 4 nitrogen and oxygen atoms in total. The fourth-order valence-corrected chi connectivity index (χ4v) is 1.11. The van der Waals surface area contributed by atoms with Crippen molar-refractivity contribution in [2.45, 2.75) is 6.61 Å². The van der Waals surface area contributed by atoms with Gasteiger partial charge in [0.05, 0.1) is 11.5 Å². The van der Waals surface area contributed by atoms with Gasteiger partial charge < -0.3 is 4.74 Å². The normalized spacial score (nSPS) is 10.0. The number of rotatable bonds is 3. The summed E-state index contributed by atoms with van der Waals surface area (Å²) in [5, 5.41) is 10.9. The number of hydrogen-bond acceptors (Lipinski definition) is 3. The number of nitro benzene ring substituents is 1. The van der Waals surface area contributed by atoms with E-state index in [1.165, 1.54) is 25.3 Å². The third-order valence-electron chi connectivity index (χ3n) is 1.54. The highest BCUT2D eigenvalue weighted by Crippen LogP contribution is 2.22. The lowest BCUT2D eigenvalue weighted by atomic mass is 10.2. The number of ether oxygens (including phenoxy) is 1. The summed E-state index contributed by atoms with van der Waals surface area (Å²) in [6, 6.07) is 4.27. The second-order valence-corrected chi connectivity index (χ2v) is 2.87. The number of benzene rings is 1. The second kappa shape index (κ2) is 4.20. The van der Waals surface area contributed by atoms with Gasteiger partial charge in [0.25, 0.3) is 5.69 Å². The molecule has 0 saturated heterocycles. The highest BCUT2D eigenvalue weighted by molar-refractivity contribution is 6.31. The first-order valence-corrected chi connectivity index (χ1v) is 3.94. The average molecular weight is 202 g/mol. The van der Waals surface area contributed by atoms with Gasteiger partial charge in [-0.1, -0.05) is 11.6 Å². The van der Waals surface area contributed by atoms with E-state index >= 15 is 0 Å². The lowest BCUT2D eigenvalue weighted by Crippen LogP contribution is -1.93. The molecule has 0 aliphatic heterocycles. The summed E-state index contributed by atoms with van der Waals surface area (Å²) >= 11 is 5.78. The minimum absolute atomic E-state index is 0.0245. The van der Waals surface area contributed by atoms with Gasteiger partial charge in [-0.05, 0) is 6.07 Å². The third-order valence-corrected chi connectivity index (χ3v) is 1.91. The lowest BCUT2D eigenvalue weighted by Gasteiger charge is -2.01. The molecule has 0 radical (unpaired) electrons. The first-order chi connectivity index (χ1) is 6.15. The van der Waals surface area contributed by atoms with Crippen LogP contribution in [0.1, 0.15) is 5.56 Å². The van der Waals surface area contributed by atoms with Crippen LogP contribution in [0.3, 0.4) is 0 Å². The lowest BCUT2D eigenvalue weighted by molar-refractivity contribution is -0.384. The molecule has 0 N–H and O–H groups in total. The van der Waals surface area contributed by atoms with Crippen molar-refractivity contribution in [3.8, 4) is 0 Å². The van der Waals surface area contributed by atoms with Crippen LogP contribution < -0.4 is 0 Å². The van der Waals surface area contributed by atoms with Crippen LogP contribution >= 0.6 is 11.6 Å². The Morgan fingerprint density at radius 2 is 2.31 bits per heavy atom. The van der Waals surface area contributed by atoms with Crippen LogP contribution in [0.25, 0.3) is 0 Å². The first-order valence-electron chi connectivity index (χ1n) is 3.57. The van der Waals surface area contributed by atoms with Gasteiger partial charge >= 0.3 is 0 Å². The second-order valence-electron chi connectivity index (χ2n) is 2.47. The molecule has 0 saturated carbocycles. The van der Waals surface area contributed by atoms with E-state index in [-0.39, 0.29) is 12.3 Å². The summed E-state index contributed by atoms with van der Waals surface area (Å²) in [7, 11) is 1.51. The zero-order valence-electron chi connectivity index (χ0n) is 6.99. The number of nitro groups is 1. The third kappa shape index (κ3) is 2.40. The standard InChI is InChI=1S/C8H8ClNO3/c1-13-5-6-4-7(10(11)12)2-3-8(6)9/h2-4H,5H2,1H3. The van der Waals surface area contributed by atoms with Crippen LogP contribution in [0.2, 0.25) is 5.02 Å². The summed E-state index contributed by atoms with van der Waals surface area (Å²) in [4.78, 5) is 9.93. The quantitative estimate of drug-likeness (QED) is 0.557. The van der Waals surface area contributed by atoms with Gasteiger partial charge in [-0.15, -0.1) is 0 Å². The number of hydrogen-bond donors (Lipinski definition) is 0. The molecule has 0 aromatic heterocycles. The van der Waals surface area contributed by atoms with E-state index in [4.69, 9.17) is 16.3 Å². The minimum Gasteiger partial charge on any atom is -0.380 e. The molecule has 1 rings (SSSR count). The fourth-order valence-electron chi connectivity index (χ4n) is 0.941. The first kappa shape index (κ1) is 9.95. The number of halogens is 1. The van der Waals surface area contributed by atoms with Gasteiger partial charge in [0.15, 0.2) is 0 Å². The fraction of sp³-hybridized carbons (Fsp3) is 0.250. The summed E-state index contributed by atoms with van der Waals surface area (Å²) < 4.78 is 4.84. The molecule has 0 fully saturated rings. The van der Waals surface area contributed by atoms with E-state index in [1.807, 2.05) is 0 Å². The Bertz CT molecular complexity index is 327. The Kier molecular flexibility index (Phi) is 3.22. The van der Waals surface area contributed by atoms with Crippen molar-refractivity contribution in [2.75, 3.05) is 7.11 Å². The SMILES string of the molecule is COCc1cc([N+](=O)[O-])ccc1Cl. The molecular weight excluding hydrogens is 194 g/mol. The molecule has 0 atom stereocenters. The summed E-state index contributed by atoms with van der Waals surface area (Å²) in [5.74, 6) is 0. The molecule has 1 aromatic rings. The predicted molar refractivity (Wildman–Crippen MR) is 48.8 cm³/mol. The van der Waals surface area contributed by atoms with E-state index in [2.05, 4.69) is 0 Å². The molecule has 0 amide bonds. The molecule has 70 valence electrons. The van der Waals surface area contributed by atoms with Gasteiger partial charge in [0, 0.05) is 29.8 Å². The van der Waals surface area contributed by atoms with Gasteiger partial charge in [-0.25, -0.2) is 0 Å². The Balaban J connectivity index is 3.03. The Labute approximate surface area is 80.2 Å². The summed E-state index contributed by atoms with van der Waals surface area (Å²) in [6.45, 7) is 0.278. The molecule has 0 aliphatic carbocycles. The molecule has 0 unspecified atom stereocenters. The van der Waals surface area contributed by atoms with E-state index in [0.717, 1.165) is 0 Å². The van der Waals surface area contributed by atoms with Gasteiger partial charge in [-0.3, -0.25) is 10.1 Å². The zero-order valence-corrected chi connectivity index (χ0v) is 7.75. The van der Waals surface area contributed by atoms with Gasteiger partial charge in [0.1, 0.15) is 0 Å². The Hall–Kier alpha value is -1.13. The van der Waals surface area contributed by atoms with Crippen LogP contribution in [0.4, 0.5) is 5.69 Å². The maximum absolute atomic E-state index is 10.4. The van der Waals surface area contributed by atoms with E-state index in [9.17, 15) is 10.1 Å². The Morgan fingerprint density at radius 1 is 1.62 bits per heavy atom. The molecule has 0 heterocycles. The smallest absolute Gasteiger partial charge is 0.269 e. The van der Waals surface area contributed by atoms with Crippen molar-refractivity contribution in [1.29, 1.82) is 0 Å². The average Bonchev–Trinajstić information content (AvgIpc) is 2.08. The maximum atomic E-state index is 10.4. The number of non-ortho nitro benzene ring substituents is 1. The highest BCUT2D eigenvalue weighted by atomic mass is 35.5. The molecule has 0 spiro atoms. The molecular formula is C8H8ClNO3. The maximum Gasteiger partial charge on any atom is 0.269 e. The van der Waals surface area contributed by atoms with E-state index in [1.54, 1.807) is 0 Å². The Morgan fingerprint density at radius 3 is 2.85 bits per heavy atom. The molecule has 5 heteroatoms. The highest BCUT2D eigenvalue weighted by Gasteiger charge is 2.08. The van der Waals surface area contributed by atoms with Crippen molar-refractivity contribution in [2.24, 2.45) is 0 Å². The largest absolute Gasteiger partial charge is 0.380 e. The minimum atomic E-state index is -0.463. The van der Waals surface area contributed by atoms with Gasteiger partial charge in [-0.2, -0.15) is 0 Å². The van der Waals surface area contributed by atoms with Crippen LogP contribution in [-0.4, -0.2) is 12.0 Å². The van der Waals surface area contributed by atoms with Crippen molar-refractivity contribution in [1.82, 2.24) is 0 Å². The number of methoxy groups -OCH3 is 1. The van der Waals surface area contributed by atoms with Crippen molar-refractivity contribution in [3.05, 3.63) is 38.9 Å². The van der Waals surface area contributed by atoms with Crippen molar-refractivity contribution in [3.63, 3.8) is 0 Å². The predicted octanol–water partition coefficient (Wildman–Crippen LogP) is 2.39. The van der Waals surface area contributed by atoms with Gasteiger partial charge in [0.2, 0.25) is 0 Å². The summed E-state index contributed by atoms with van der Waals surface area (Å²) in [5.41, 5.74) is 0.648. The van der Waals surface area contributed by atoms with Crippen LogP contribution in [0, 0.1) is 10.1 Å². The molecule has 1 aromatic carbocycles. The monoisotopic (exact) mass is 201 g/mol. The number of nitrogens with zero attached hydrogens (tertiary/aromatic N) is 1. The molecule has 0 bridgehead atoms. The van der Waals surface area contributed by atoms with Crippen molar-refractivity contribution < 1.29 is 9.66 Å². The van der Waals surface area contributed by atoms with Crippen molar-refractivity contribution >= 4 is 17.3 Å². The molecule has 13 heavy (non-hydrogen) atoms. The van der Waals surface area contributed by atoms with E-state index < -0.39 is 4.92 Å². The topological polar surface area (TPSA) is 52.4 Å². The zero-order chi connectivity index (χ0) is 9.84. The van der Waals surface area contributed by atoms with Crippen LogP contribution in [0.15, 0.2) is 18.2 Å². The summed E-state index contributed by atoms with van der Waals surface area (Å²) in [6.07, 6.45) is 0.